The molecule has 6 nitrogen and oxygen atoms in total. The van der Waals surface area contributed by atoms with Crippen molar-refractivity contribution in [3.05, 3.63) is 0 Å². The molecule has 112 valence electrons. The Bertz CT molecular complexity index is 383. The maximum atomic E-state index is 12.3. The van der Waals surface area contributed by atoms with E-state index in [9.17, 15) is 13.2 Å². The number of rotatable bonds is 7. The normalized spacial score (nSPS) is 22.1. The van der Waals surface area contributed by atoms with E-state index in [0.29, 0.717) is 19.6 Å². The van der Waals surface area contributed by atoms with E-state index < -0.39 is 10.2 Å². The molecule has 19 heavy (non-hydrogen) atoms. The number of methoxy groups -OCH3 is 1. The Morgan fingerprint density at radius 2 is 2.11 bits per heavy atom. The summed E-state index contributed by atoms with van der Waals surface area (Å²) >= 11 is 0. The van der Waals surface area contributed by atoms with E-state index in [1.807, 2.05) is 0 Å². The largest absolute Gasteiger partial charge is 0.383 e. The predicted molar refractivity (Wildman–Crippen MR) is 73.1 cm³/mol. The number of ketones is 1. The van der Waals surface area contributed by atoms with E-state index in [1.165, 1.54) is 18.3 Å². The lowest BCUT2D eigenvalue weighted by Crippen LogP contribution is -2.47. The van der Waals surface area contributed by atoms with Crippen LogP contribution < -0.4 is 4.72 Å². The molecule has 1 aliphatic heterocycles. The molecular formula is C12H24N2O4S. The number of hydrogen-bond donors (Lipinski definition) is 1. The van der Waals surface area contributed by atoms with Gasteiger partial charge in [0.15, 0.2) is 0 Å². The first-order valence-electron chi connectivity index (χ1n) is 6.72. The van der Waals surface area contributed by atoms with Gasteiger partial charge in [0.1, 0.15) is 5.78 Å². The van der Waals surface area contributed by atoms with Crippen LogP contribution in [-0.4, -0.2) is 51.4 Å². The summed E-state index contributed by atoms with van der Waals surface area (Å²) in [4.78, 5) is 11.3. The van der Waals surface area contributed by atoms with Gasteiger partial charge in [0.05, 0.1) is 6.61 Å². The number of carbonyl (C=O) groups is 1. The summed E-state index contributed by atoms with van der Waals surface area (Å²) in [5, 5.41) is 0. The zero-order valence-corrected chi connectivity index (χ0v) is 12.5. The molecule has 1 heterocycles. The molecule has 7 heteroatoms. The molecule has 0 radical (unpaired) electrons. The van der Waals surface area contributed by atoms with E-state index in [2.05, 4.69) is 4.72 Å². The van der Waals surface area contributed by atoms with Gasteiger partial charge in [-0.25, -0.2) is 0 Å². The molecule has 1 atom stereocenters. The van der Waals surface area contributed by atoms with Gasteiger partial charge in [-0.05, 0) is 19.8 Å². The second kappa shape index (κ2) is 7.94. The van der Waals surface area contributed by atoms with Gasteiger partial charge in [-0.3, -0.25) is 4.79 Å². The van der Waals surface area contributed by atoms with E-state index in [-0.39, 0.29) is 18.4 Å². The van der Waals surface area contributed by atoms with Crippen LogP contribution in [0.4, 0.5) is 0 Å². The number of ether oxygens (including phenoxy) is 1. The van der Waals surface area contributed by atoms with Gasteiger partial charge in [0.25, 0.3) is 10.2 Å². The van der Waals surface area contributed by atoms with Crippen LogP contribution in [0.1, 0.15) is 39.0 Å². The Morgan fingerprint density at radius 1 is 1.37 bits per heavy atom. The molecule has 0 spiro atoms. The second-order valence-corrected chi connectivity index (χ2v) is 6.62. The summed E-state index contributed by atoms with van der Waals surface area (Å²) in [7, 11) is -2.00. The summed E-state index contributed by atoms with van der Waals surface area (Å²) < 4.78 is 33.3. The maximum absolute atomic E-state index is 12.3. The molecule has 0 aromatic rings. The van der Waals surface area contributed by atoms with Gasteiger partial charge >= 0.3 is 0 Å². The quantitative estimate of drug-likeness (QED) is 0.701. The number of hydrogen-bond acceptors (Lipinski definition) is 4. The van der Waals surface area contributed by atoms with Crippen molar-refractivity contribution < 1.29 is 17.9 Å². The van der Waals surface area contributed by atoms with Crippen LogP contribution in [0.3, 0.4) is 0 Å². The van der Waals surface area contributed by atoms with Crippen LogP contribution >= 0.6 is 0 Å². The molecule has 0 aliphatic carbocycles. The molecule has 0 amide bonds. The number of Topliss-reactive ketones (excluding diaryl/α,β-unsaturated/α-hetero) is 1. The Hall–Kier alpha value is -0.500. The molecule has 1 unspecified atom stereocenters. The molecule has 1 aliphatic rings. The van der Waals surface area contributed by atoms with Gasteiger partial charge in [-0.2, -0.15) is 17.4 Å². The van der Waals surface area contributed by atoms with Crippen molar-refractivity contribution in [2.75, 3.05) is 26.8 Å². The third-order valence-electron chi connectivity index (χ3n) is 3.25. The Morgan fingerprint density at radius 3 is 2.74 bits per heavy atom. The molecule has 0 bridgehead atoms. The van der Waals surface area contributed by atoms with Crippen LogP contribution in [0.25, 0.3) is 0 Å². The maximum Gasteiger partial charge on any atom is 0.279 e. The van der Waals surface area contributed by atoms with Gasteiger partial charge in [0, 0.05) is 32.7 Å². The molecule has 1 saturated heterocycles. The van der Waals surface area contributed by atoms with Crippen LogP contribution in [0.15, 0.2) is 0 Å². The average molecular weight is 292 g/mol. The minimum absolute atomic E-state index is 0.0315. The first kappa shape index (κ1) is 16.6. The fourth-order valence-corrected chi connectivity index (χ4v) is 3.81. The molecule has 0 saturated carbocycles. The molecule has 1 rings (SSSR count). The molecule has 0 aromatic heterocycles. The molecular weight excluding hydrogens is 268 g/mol. The van der Waals surface area contributed by atoms with Gasteiger partial charge < -0.3 is 4.74 Å². The number of carbonyl (C=O) groups excluding carboxylic acids is 1. The highest BCUT2D eigenvalue weighted by Gasteiger charge is 2.31. The fourth-order valence-electron chi connectivity index (χ4n) is 2.36. The lowest BCUT2D eigenvalue weighted by molar-refractivity contribution is -0.117. The fraction of sp³-hybridized carbons (Fsp3) is 0.917. The summed E-state index contributed by atoms with van der Waals surface area (Å²) in [5.41, 5.74) is 0. The van der Waals surface area contributed by atoms with Crippen LogP contribution in [0, 0.1) is 0 Å². The summed E-state index contributed by atoms with van der Waals surface area (Å²) in [6, 6.07) is -0.208. The SMILES string of the molecule is COCCNS(=O)(=O)N1CCCCCC1CC(C)=O. The lowest BCUT2D eigenvalue weighted by atomic mass is 10.1. The van der Waals surface area contributed by atoms with Crippen LogP contribution in [0.5, 0.6) is 0 Å². The molecule has 1 fully saturated rings. The van der Waals surface area contributed by atoms with E-state index in [0.717, 1.165) is 25.7 Å². The third-order valence-corrected chi connectivity index (χ3v) is 4.91. The zero-order chi connectivity index (χ0) is 14.3. The van der Waals surface area contributed by atoms with Gasteiger partial charge in [-0.1, -0.05) is 12.8 Å². The second-order valence-electron chi connectivity index (χ2n) is 4.91. The van der Waals surface area contributed by atoms with E-state index in [4.69, 9.17) is 4.74 Å². The highest BCUT2D eigenvalue weighted by atomic mass is 32.2. The Labute approximate surface area is 115 Å². The van der Waals surface area contributed by atoms with Crippen molar-refractivity contribution in [1.82, 2.24) is 9.03 Å². The first-order chi connectivity index (χ1) is 8.97. The summed E-state index contributed by atoms with van der Waals surface area (Å²) in [6.45, 7) is 2.58. The topological polar surface area (TPSA) is 75.7 Å². The van der Waals surface area contributed by atoms with Crippen LogP contribution in [-0.2, 0) is 19.7 Å². The highest BCUT2D eigenvalue weighted by Crippen LogP contribution is 2.21. The van der Waals surface area contributed by atoms with Crippen LogP contribution in [0.2, 0.25) is 0 Å². The predicted octanol–water partition coefficient (Wildman–Crippen LogP) is 0.691. The minimum atomic E-state index is -3.52. The third kappa shape index (κ3) is 5.56. The van der Waals surface area contributed by atoms with Crippen molar-refractivity contribution in [1.29, 1.82) is 0 Å². The minimum Gasteiger partial charge on any atom is -0.383 e. The standard InChI is InChI=1S/C12H24N2O4S/c1-11(15)10-12-6-4-3-5-8-14(12)19(16,17)13-7-9-18-2/h12-13H,3-10H2,1-2H3. The van der Waals surface area contributed by atoms with Crippen molar-refractivity contribution in [2.45, 2.75) is 45.1 Å². The van der Waals surface area contributed by atoms with Gasteiger partial charge in [0.2, 0.25) is 0 Å². The zero-order valence-electron chi connectivity index (χ0n) is 11.7. The Kier molecular flexibility index (Phi) is 6.92. The monoisotopic (exact) mass is 292 g/mol. The van der Waals surface area contributed by atoms with Gasteiger partial charge in [-0.15, -0.1) is 0 Å². The summed E-state index contributed by atoms with van der Waals surface area (Å²) in [6.07, 6.45) is 3.89. The highest BCUT2D eigenvalue weighted by molar-refractivity contribution is 7.87. The number of nitrogens with one attached hydrogen (secondary N) is 1. The summed E-state index contributed by atoms with van der Waals surface area (Å²) in [5.74, 6) is 0.0315. The lowest BCUT2D eigenvalue weighted by Gasteiger charge is -2.28. The average Bonchev–Trinajstić information content (AvgIpc) is 2.54. The Balaban J connectivity index is 2.74. The van der Waals surface area contributed by atoms with Crippen molar-refractivity contribution in [2.24, 2.45) is 0 Å². The van der Waals surface area contributed by atoms with E-state index >= 15 is 0 Å². The van der Waals surface area contributed by atoms with Crippen molar-refractivity contribution in [3.8, 4) is 0 Å². The smallest absolute Gasteiger partial charge is 0.279 e. The van der Waals surface area contributed by atoms with Crippen molar-refractivity contribution >= 4 is 16.0 Å². The van der Waals surface area contributed by atoms with E-state index in [1.54, 1.807) is 0 Å². The molecule has 0 aromatic carbocycles. The van der Waals surface area contributed by atoms with Crippen molar-refractivity contribution in [3.63, 3.8) is 0 Å². The number of nitrogens with zero attached hydrogens (tertiary/aromatic N) is 1. The first-order valence-corrected chi connectivity index (χ1v) is 8.16. The molecule has 1 N–H and O–H groups in total.